The molecule has 0 spiro atoms. The Balaban J connectivity index is 2.14. The molecule has 2 saturated heterocycles. The van der Waals surface area contributed by atoms with Gasteiger partial charge in [0.05, 0.1) is 19.8 Å². The fourth-order valence-electron chi connectivity index (χ4n) is 2.85. The van der Waals surface area contributed by atoms with Gasteiger partial charge in [0.1, 0.15) is 48.8 Å². The zero-order chi connectivity index (χ0) is 19.4. The minimum absolute atomic E-state index is 0.0166. The van der Waals surface area contributed by atoms with Crippen LogP contribution in [0.25, 0.3) is 0 Å². The van der Waals surface area contributed by atoms with Gasteiger partial charge in [-0.1, -0.05) is 6.08 Å². The Morgan fingerprint density at radius 1 is 0.769 bits per heavy atom. The first-order valence-electron chi connectivity index (χ1n) is 8.16. The Bertz CT molecular complexity index is 447. The predicted octanol–water partition coefficient (Wildman–Crippen LogP) is -4.19. The SMILES string of the molecule is C=CCO[C@@H]1O[C@H](CO)[C@H](O)[C@H](O[C@@H]2O[C@H](CO)[C@H](O)[C@H](O)[C@H]2O)[C@H]1O. The number of rotatable bonds is 7. The first kappa shape index (κ1) is 21.6. The van der Waals surface area contributed by atoms with Crippen molar-refractivity contribution < 1.29 is 54.7 Å². The third-order valence-corrected chi connectivity index (χ3v) is 4.34. The molecule has 152 valence electrons. The van der Waals surface area contributed by atoms with Crippen molar-refractivity contribution in [3.05, 3.63) is 12.7 Å². The van der Waals surface area contributed by atoms with Crippen LogP contribution in [0.3, 0.4) is 0 Å². The van der Waals surface area contributed by atoms with E-state index in [4.69, 9.17) is 18.9 Å². The van der Waals surface area contributed by atoms with E-state index in [0.29, 0.717) is 0 Å². The Kier molecular flexibility index (Phi) is 7.88. The molecule has 10 atom stereocenters. The summed E-state index contributed by atoms with van der Waals surface area (Å²) in [4.78, 5) is 0. The number of ether oxygens (including phenoxy) is 4. The van der Waals surface area contributed by atoms with Crippen LogP contribution in [-0.2, 0) is 18.9 Å². The van der Waals surface area contributed by atoms with Gasteiger partial charge in [-0.2, -0.15) is 0 Å². The number of hydrogen-bond donors (Lipinski definition) is 7. The monoisotopic (exact) mass is 382 g/mol. The summed E-state index contributed by atoms with van der Waals surface area (Å²) in [6, 6.07) is 0. The molecule has 2 heterocycles. The third-order valence-electron chi connectivity index (χ3n) is 4.34. The number of hydrogen-bond acceptors (Lipinski definition) is 11. The molecule has 0 aliphatic carbocycles. The van der Waals surface area contributed by atoms with Gasteiger partial charge in [0.25, 0.3) is 0 Å². The maximum Gasteiger partial charge on any atom is 0.187 e. The average Bonchev–Trinajstić information content (AvgIpc) is 2.64. The van der Waals surface area contributed by atoms with Crippen LogP contribution in [-0.4, -0.2) is 117 Å². The van der Waals surface area contributed by atoms with Gasteiger partial charge in [0.15, 0.2) is 12.6 Å². The van der Waals surface area contributed by atoms with Gasteiger partial charge in [-0.3, -0.25) is 0 Å². The lowest BCUT2D eigenvalue weighted by Crippen LogP contribution is -2.64. The number of aliphatic hydroxyl groups excluding tert-OH is 7. The maximum atomic E-state index is 10.3. The van der Waals surface area contributed by atoms with E-state index in [1.807, 2.05) is 0 Å². The summed E-state index contributed by atoms with van der Waals surface area (Å²) < 4.78 is 21.1. The fraction of sp³-hybridized carbons (Fsp3) is 0.867. The molecule has 0 aromatic rings. The lowest BCUT2D eigenvalue weighted by atomic mass is 9.97. The lowest BCUT2D eigenvalue weighted by molar-refractivity contribution is -0.359. The standard InChI is InChI=1S/C15H26O11/c1-2-3-23-14-12(22)13(9(19)7(5-17)24-14)26-15-11(21)10(20)8(18)6(4-16)25-15/h2,6-22H,1,3-5H2/t6-,7-,8+,9+,10+,11-,12-,13+,14-,15+/m1/s1. The minimum atomic E-state index is -1.71. The van der Waals surface area contributed by atoms with E-state index in [0.717, 1.165) is 0 Å². The topological polar surface area (TPSA) is 179 Å². The van der Waals surface area contributed by atoms with E-state index in [1.165, 1.54) is 6.08 Å². The molecule has 0 aromatic carbocycles. The molecular formula is C15H26O11. The second kappa shape index (κ2) is 9.48. The summed E-state index contributed by atoms with van der Waals surface area (Å²) in [5.74, 6) is 0. The van der Waals surface area contributed by atoms with Crippen LogP contribution in [0.1, 0.15) is 0 Å². The van der Waals surface area contributed by atoms with Gasteiger partial charge in [-0.15, -0.1) is 6.58 Å². The van der Waals surface area contributed by atoms with Gasteiger partial charge in [-0.05, 0) is 0 Å². The van der Waals surface area contributed by atoms with Crippen LogP contribution in [0.2, 0.25) is 0 Å². The van der Waals surface area contributed by atoms with Crippen molar-refractivity contribution >= 4 is 0 Å². The summed E-state index contributed by atoms with van der Waals surface area (Å²) in [6.07, 6.45) is -13.2. The molecule has 7 N–H and O–H groups in total. The average molecular weight is 382 g/mol. The second-order valence-corrected chi connectivity index (χ2v) is 6.13. The van der Waals surface area contributed by atoms with Crippen LogP contribution in [0.15, 0.2) is 12.7 Å². The van der Waals surface area contributed by atoms with Crippen molar-refractivity contribution in [2.45, 2.75) is 61.4 Å². The van der Waals surface area contributed by atoms with Crippen LogP contribution in [0.4, 0.5) is 0 Å². The zero-order valence-corrected chi connectivity index (χ0v) is 13.9. The van der Waals surface area contributed by atoms with Gasteiger partial charge >= 0.3 is 0 Å². The van der Waals surface area contributed by atoms with Crippen LogP contribution in [0.5, 0.6) is 0 Å². The minimum Gasteiger partial charge on any atom is -0.394 e. The molecule has 2 fully saturated rings. The van der Waals surface area contributed by atoms with E-state index in [2.05, 4.69) is 6.58 Å². The molecule has 11 heteroatoms. The predicted molar refractivity (Wildman–Crippen MR) is 82.5 cm³/mol. The van der Waals surface area contributed by atoms with Crippen LogP contribution >= 0.6 is 0 Å². The van der Waals surface area contributed by atoms with Crippen LogP contribution in [0, 0.1) is 0 Å². The van der Waals surface area contributed by atoms with E-state index in [1.54, 1.807) is 0 Å². The molecule has 0 unspecified atom stereocenters. The van der Waals surface area contributed by atoms with Gasteiger partial charge in [0, 0.05) is 0 Å². The normalized spacial score (nSPS) is 46.9. The van der Waals surface area contributed by atoms with Crippen molar-refractivity contribution in [3.8, 4) is 0 Å². The quantitative estimate of drug-likeness (QED) is 0.212. The summed E-state index contributed by atoms with van der Waals surface area (Å²) in [6.45, 7) is 2.22. The highest BCUT2D eigenvalue weighted by Crippen LogP contribution is 2.29. The Hall–Kier alpha value is -0.700. The maximum absolute atomic E-state index is 10.3. The van der Waals surface area contributed by atoms with Crippen molar-refractivity contribution in [1.29, 1.82) is 0 Å². The second-order valence-electron chi connectivity index (χ2n) is 6.13. The molecule has 2 aliphatic rings. The molecule has 26 heavy (non-hydrogen) atoms. The zero-order valence-electron chi connectivity index (χ0n) is 13.9. The molecule has 11 nitrogen and oxygen atoms in total. The van der Waals surface area contributed by atoms with E-state index >= 15 is 0 Å². The first-order valence-corrected chi connectivity index (χ1v) is 8.16. The summed E-state index contributed by atoms with van der Waals surface area (Å²) in [5, 5.41) is 68.7. The van der Waals surface area contributed by atoms with Crippen LogP contribution < -0.4 is 0 Å². The third kappa shape index (κ3) is 4.40. The highest BCUT2D eigenvalue weighted by Gasteiger charge is 2.50. The molecule has 2 aliphatic heterocycles. The highest BCUT2D eigenvalue weighted by molar-refractivity contribution is 4.94. The molecule has 0 amide bonds. The van der Waals surface area contributed by atoms with Gasteiger partial charge in [-0.25, -0.2) is 0 Å². The van der Waals surface area contributed by atoms with Gasteiger partial charge < -0.3 is 54.7 Å². The Labute approximate surface area is 149 Å². The Morgan fingerprint density at radius 2 is 1.35 bits per heavy atom. The van der Waals surface area contributed by atoms with E-state index < -0.39 is 74.6 Å². The first-order chi connectivity index (χ1) is 12.3. The molecular weight excluding hydrogens is 356 g/mol. The highest BCUT2D eigenvalue weighted by atomic mass is 16.7. The van der Waals surface area contributed by atoms with Crippen molar-refractivity contribution in [2.24, 2.45) is 0 Å². The van der Waals surface area contributed by atoms with E-state index in [9.17, 15) is 35.7 Å². The fourth-order valence-corrected chi connectivity index (χ4v) is 2.85. The number of aliphatic hydroxyl groups is 7. The van der Waals surface area contributed by atoms with Crippen molar-refractivity contribution in [2.75, 3.05) is 19.8 Å². The molecule has 0 bridgehead atoms. The molecule has 2 rings (SSSR count). The van der Waals surface area contributed by atoms with Crippen molar-refractivity contribution in [3.63, 3.8) is 0 Å². The summed E-state index contributed by atoms with van der Waals surface area (Å²) in [7, 11) is 0. The molecule has 0 saturated carbocycles. The Morgan fingerprint density at radius 3 is 1.92 bits per heavy atom. The van der Waals surface area contributed by atoms with E-state index in [-0.39, 0.29) is 6.61 Å². The van der Waals surface area contributed by atoms with Gasteiger partial charge in [0.2, 0.25) is 0 Å². The summed E-state index contributed by atoms with van der Waals surface area (Å²) in [5.41, 5.74) is 0. The van der Waals surface area contributed by atoms with Crippen molar-refractivity contribution in [1.82, 2.24) is 0 Å². The lowest BCUT2D eigenvalue weighted by Gasteiger charge is -2.45. The molecule has 0 aromatic heterocycles. The summed E-state index contributed by atoms with van der Waals surface area (Å²) >= 11 is 0. The largest absolute Gasteiger partial charge is 0.394 e. The molecule has 0 radical (unpaired) electrons. The smallest absolute Gasteiger partial charge is 0.187 e.